The first-order valence-corrected chi connectivity index (χ1v) is 7.42. The Kier molecular flexibility index (Phi) is 4.31. The minimum absolute atomic E-state index is 0.163. The van der Waals surface area contributed by atoms with E-state index in [0.29, 0.717) is 11.9 Å². The number of likely N-dealkylation sites (N-methyl/N-ethyl adjacent to an activating group) is 1. The lowest BCUT2D eigenvalue weighted by Gasteiger charge is -2.24. The summed E-state index contributed by atoms with van der Waals surface area (Å²) in [6, 6.07) is 1.81. The van der Waals surface area contributed by atoms with Crippen molar-refractivity contribution in [3.8, 4) is 5.95 Å². The minimum atomic E-state index is 0.163. The molecule has 2 aromatic heterocycles. The minimum Gasteiger partial charge on any atom is -0.376 e. The standard InChI is InChI=1S/C13H17ClN6O/c1-2-19(9-10-5-3-8-21-10)12-16-11(14)17-13(18-12)20-7-4-6-15-20/h4,6-7,10H,2-3,5,8-9H2,1H3. The average molecular weight is 309 g/mol. The van der Waals surface area contributed by atoms with Crippen molar-refractivity contribution in [2.75, 3.05) is 24.6 Å². The normalized spacial score (nSPS) is 18.1. The van der Waals surface area contributed by atoms with E-state index in [2.05, 4.69) is 31.9 Å². The van der Waals surface area contributed by atoms with Gasteiger partial charge >= 0.3 is 0 Å². The molecule has 2 aromatic rings. The number of halogens is 1. The summed E-state index contributed by atoms with van der Waals surface area (Å²) in [5.41, 5.74) is 0. The van der Waals surface area contributed by atoms with E-state index in [4.69, 9.17) is 16.3 Å². The lowest BCUT2D eigenvalue weighted by Crippen LogP contribution is -2.33. The van der Waals surface area contributed by atoms with Crippen LogP contribution in [0.5, 0.6) is 0 Å². The molecule has 1 aliphatic rings. The molecule has 0 amide bonds. The lowest BCUT2D eigenvalue weighted by atomic mass is 10.2. The van der Waals surface area contributed by atoms with E-state index in [1.165, 1.54) is 0 Å². The second-order valence-electron chi connectivity index (χ2n) is 4.83. The Hall–Kier alpha value is -1.73. The zero-order valence-electron chi connectivity index (χ0n) is 11.8. The molecule has 0 spiro atoms. The van der Waals surface area contributed by atoms with E-state index in [0.717, 1.165) is 32.5 Å². The van der Waals surface area contributed by atoms with E-state index >= 15 is 0 Å². The van der Waals surface area contributed by atoms with Crippen LogP contribution in [0.2, 0.25) is 5.28 Å². The van der Waals surface area contributed by atoms with E-state index in [1.54, 1.807) is 23.1 Å². The molecule has 112 valence electrons. The predicted molar refractivity (Wildman–Crippen MR) is 78.8 cm³/mol. The zero-order valence-corrected chi connectivity index (χ0v) is 12.6. The lowest BCUT2D eigenvalue weighted by molar-refractivity contribution is 0.115. The Bertz CT molecular complexity index is 584. The summed E-state index contributed by atoms with van der Waals surface area (Å²) in [4.78, 5) is 14.8. The van der Waals surface area contributed by atoms with Crippen LogP contribution in [-0.4, -0.2) is 50.5 Å². The van der Waals surface area contributed by atoms with Crippen LogP contribution in [-0.2, 0) is 4.74 Å². The topological polar surface area (TPSA) is 69.0 Å². The second kappa shape index (κ2) is 6.36. The van der Waals surface area contributed by atoms with Crippen LogP contribution in [0.4, 0.5) is 5.95 Å². The van der Waals surface area contributed by atoms with Crippen LogP contribution in [0.25, 0.3) is 5.95 Å². The van der Waals surface area contributed by atoms with Crippen molar-refractivity contribution in [1.82, 2.24) is 24.7 Å². The fraction of sp³-hybridized carbons (Fsp3) is 0.538. The van der Waals surface area contributed by atoms with Gasteiger partial charge < -0.3 is 9.64 Å². The molecule has 0 saturated carbocycles. The van der Waals surface area contributed by atoms with Crippen LogP contribution in [0.3, 0.4) is 0 Å². The fourth-order valence-electron chi connectivity index (χ4n) is 2.35. The Morgan fingerprint density at radius 2 is 2.33 bits per heavy atom. The second-order valence-corrected chi connectivity index (χ2v) is 5.17. The van der Waals surface area contributed by atoms with Crippen molar-refractivity contribution in [2.24, 2.45) is 0 Å². The van der Waals surface area contributed by atoms with Gasteiger partial charge in [-0.05, 0) is 37.4 Å². The fourth-order valence-corrected chi connectivity index (χ4v) is 2.50. The maximum absolute atomic E-state index is 6.02. The van der Waals surface area contributed by atoms with Gasteiger partial charge in [-0.1, -0.05) is 0 Å². The van der Waals surface area contributed by atoms with Gasteiger partial charge in [0.1, 0.15) is 0 Å². The van der Waals surface area contributed by atoms with E-state index < -0.39 is 0 Å². The van der Waals surface area contributed by atoms with Crippen molar-refractivity contribution in [2.45, 2.75) is 25.9 Å². The molecule has 1 fully saturated rings. The van der Waals surface area contributed by atoms with Crippen molar-refractivity contribution >= 4 is 17.5 Å². The third kappa shape index (κ3) is 3.30. The van der Waals surface area contributed by atoms with Crippen LogP contribution in [0.15, 0.2) is 18.5 Å². The Morgan fingerprint density at radius 1 is 1.43 bits per heavy atom. The number of ether oxygens (including phenoxy) is 1. The van der Waals surface area contributed by atoms with Crippen LogP contribution >= 0.6 is 11.6 Å². The molecule has 21 heavy (non-hydrogen) atoms. The maximum Gasteiger partial charge on any atom is 0.256 e. The van der Waals surface area contributed by atoms with Crippen LogP contribution in [0.1, 0.15) is 19.8 Å². The molecule has 3 rings (SSSR count). The highest BCUT2D eigenvalue weighted by Crippen LogP contribution is 2.18. The number of hydrogen-bond donors (Lipinski definition) is 0. The van der Waals surface area contributed by atoms with Gasteiger partial charge in [0.05, 0.1) is 6.10 Å². The van der Waals surface area contributed by atoms with Gasteiger partial charge in [-0.15, -0.1) is 0 Å². The highest BCUT2D eigenvalue weighted by atomic mass is 35.5. The molecule has 1 saturated heterocycles. The molecule has 0 radical (unpaired) electrons. The third-order valence-corrected chi connectivity index (χ3v) is 3.58. The largest absolute Gasteiger partial charge is 0.376 e. The summed E-state index contributed by atoms with van der Waals surface area (Å²) in [6.45, 7) is 4.42. The SMILES string of the molecule is CCN(CC1CCCO1)c1nc(Cl)nc(-n2cccn2)n1. The van der Waals surface area contributed by atoms with Gasteiger partial charge in [0.2, 0.25) is 11.2 Å². The van der Waals surface area contributed by atoms with Crippen molar-refractivity contribution in [1.29, 1.82) is 0 Å². The Labute approximate surface area is 127 Å². The number of hydrogen-bond acceptors (Lipinski definition) is 6. The Balaban J connectivity index is 1.85. The van der Waals surface area contributed by atoms with E-state index in [-0.39, 0.29) is 11.4 Å². The molecule has 8 heteroatoms. The van der Waals surface area contributed by atoms with Crippen molar-refractivity contribution in [3.05, 3.63) is 23.7 Å². The molecule has 0 bridgehead atoms. The summed E-state index contributed by atoms with van der Waals surface area (Å²) in [5, 5.41) is 4.28. The molecule has 1 atom stereocenters. The van der Waals surface area contributed by atoms with Gasteiger partial charge in [-0.3, -0.25) is 0 Å². The summed E-state index contributed by atoms with van der Waals surface area (Å²) >= 11 is 6.02. The third-order valence-electron chi connectivity index (χ3n) is 3.41. The first-order chi connectivity index (χ1) is 10.3. The first kappa shape index (κ1) is 14.2. The molecule has 0 N–H and O–H groups in total. The monoisotopic (exact) mass is 308 g/mol. The van der Waals surface area contributed by atoms with Crippen molar-refractivity contribution < 1.29 is 4.74 Å². The molecular formula is C13H17ClN6O. The van der Waals surface area contributed by atoms with Crippen LogP contribution in [0, 0.1) is 0 Å². The molecule has 1 aliphatic heterocycles. The molecule has 3 heterocycles. The molecule has 1 unspecified atom stereocenters. The van der Waals surface area contributed by atoms with Gasteiger partial charge in [-0.2, -0.15) is 20.1 Å². The van der Waals surface area contributed by atoms with Crippen molar-refractivity contribution in [3.63, 3.8) is 0 Å². The van der Waals surface area contributed by atoms with Gasteiger partial charge in [-0.25, -0.2) is 4.68 Å². The average Bonchev–Trinajstić information content (AvgIpc) is 3.17. The maximum atomic E-state index is 6.02. The molecule has 0 aromatic carbocycles. The smallest absolute Gasteiger partial charge is 0.256 e. The van der Waals surface area contributed by atoms with Crippen LogP contribution < -0.4 is 4.90 Å². The zero-order chi connectivity index (χ0) is 14.7. The molecule has 0 aliphatic carbocycles. The van der Waals surface area contributed by atoms with Gasteiger partial charge in [0.25, 0.3) is 5.95 Å². The number of anilines is 1. The first-order valence-electron chi connectivity index (χ1n) is 7.04. The Morgan fingerprint density at radius 3 is 3.00 bits per heavy atom. The highest BCUT2D eigenvalue weighted by molar-refractivity contribution is 6.28. The molecule has 7 nitrogen and oxygen atoms in total. The quantitative estimate of drug-likeness (QED) is 0.837. The summed E-state index contributed by atoms with van der Waals surface area (Å²) in [7, 11) is 0. The van der Waals surface area contributed by atoms with Gasteiger partial charge in [0, 0.05) is 32.1 Å². The van der Waals surface area contributed by atoms with E-state index in [9.17, 15) is 0 Å². The number of aromatic nitrogens is 5. The number of rotatable bonds is 5. The summed E-state index contributed by atoms with van der Waals surface area (Å²) in [6.07, 6.45) is 5.85. The predicted octanol–water partition coefficient (Wildman–Crippen LogP) is 1.72. The highest BCUT2D eigenvalue weighted by Gasteiger charge is 2.21. The van der Waals surface area contributed by atoms with E-state index in [1.807, 2.05) is 0 Å². The summed E-state index contributed by atoms with van der Waals surface area (Å²) in [5.74, 6) is 0.972. The summed E-state index contributed by atoms with van der Waals surface area (Å²) < 4.78 is 7.24. The molecular weight excluding hydrogens is 292 g/mol. The van der Waals surface area contributed by atoms with Gasteiger partial charge in [0.15, 0.2) is 0 Å². The number of nitrogens with zero attached hydrogens (tertiary/aromatic N) is 6.